The van der Waals surface area contributed by atoms with E-state index in [9.17, 15) is 9.18 Å². The van der Waals surface area contributed by atoms with Gasteiger partial charge in [0, 0.05) is 29.4 Å². The highest BCUT2D eigenvalue weighted by molar-refractivity contribution is 6.31. The van der Waals surface area contributed by atoms with Crippen molar-refractivity contribution in [3.63, 3.8) is 0 Å². The van der Waals surface area contributed by atoms with E-state index in [4.69, 9.17) is 11.6 Å². The number of aromatic nitrogens is 4. The molecule has 0 bridgehead atoms. The van der Waals surface area contributed by atoms with E-state index in [1.807, 2.05) is 45.0 Å². The van der Waals surface area contributed by atoms with Crippen LogP contribution in [0.15, 0.2) is 61.3 Å². The third-order valence-electron chi connectivity index (χ3n) is 5.35. The van der Waals surface area contributed by atoms with Crippen molar-refractivity contribution in [2.75, 3.05) is 11.9 Å². The van der Waals surface area contributed by atoms with Crippen LogP contribution in [-0.4, -0.2) is 37.2 Å². The molecule has 0 fully saturated rings. The van der Waals surface area contributed by atoms with Crippen molar-refractivity contribution in [2.45, 2.75) is 26.8 Å². The second-order valence-corrected chi connectivity index (χ2v) is 8.61. The maximum absolute atomic E-state index is 13.5. The number of carbonyl (C=O) groups is 1. The first-order valence-corrected chi connectivity index (χ1v) is 11.0. The molecule has 1 atom stereocenters. The Labute approximate surface area is 196 Å². The van der Waals surface area contributed by atoms with Crippen molar-refractivity contribution < 1.29 is 9.18 Å². The predicted molar refractivity (Wildman–Crippen MR) is 127 cm³/mol. The highest BCUT2D eigenvalue weighted by atomic mass is 35.5. The number of rotatable bonds is 6. The highest BCUT2D eigenvalue weighted by Gasteiger charge is 2.25. The molecule has 9 heteroatoms. The van der Waals surface area contributed by atoms with Crippen molar-refractivity contribution in [1.82, 2.24) is 24.6 Å². The number of halogens is 2. The summed E-state index contributed by atoms with van der Waals surface area (Å²) in [6.07, 6.45) is 4.84. The minimum Gasteiger partial charge on any atom is -0.317 e. The number of urea groups is 1. The molecular formula is C24H24ClFN6O. The number of nitrogens with zero attached hydrogens (tertiary/aromatic N) is 5. The molecule has 0 aliphatic heterocycles. The van der Waals surface area contributed by atoms with Gasteiger partial charge in [-0.05, 0) is 36.4 Å². The molecule has 0 spiro atoms. The number of hydrogen-bond acceptors (Lipinski definition) is 4. The van der Waals surface area contributed by atoms with Gasteiger partial charge in [-0.1, -0.05) is 49.7 Å². The van der Waals surface area contributed by atoms with E-state index >= 15 is 0 Å². The molecule has 0 aliphatic rings. The smallest absolute Gasteiger partial charge is 0.317 e. The van der Waals surface area contributed by atoms with Gasteiger partial charge in [0.05, 0.1) is 11.1 Å². The van der Waals surface area contributed by atoms with Gasteiger partial charge in [-0.15, -0.1) is 0 Å². The molecule has 2 heterocycles. The largest absolute Gasteiger partial charge is 0.322 e. The zero-order valence-corrected chi connectivity index (χ0v) is 19.3. The Morgan fingerprint density at radius 2 is 1.94 bits per heavy atom. The number of benzene rings is 2. The summed E-state index contributed by atoms with van der Waals surface area (Å²) in [5.74, 6) is 0.357. The van der Waals surface area contributed by atoms with Gasteiger partial charge >= 0.3 is 6.03 Å². The fourth-order valence-corrected chi connectivity index (χ4v) is 3.96. The Balaban J connectivity index is 1.71. The van der Waals surface area contributed by atoms with Gasteiger partial charge in [-0.3, -0.25) is 0 Å². The quantitative estimate of drug-likeness (QED) is 0.386. The number of anilines is 1. The second-order valence-electron chi connectivity index (χ2n) is 8.20. The maximum atomic E-state index is 13.5. The summed E-state index contributed by atoms with van der Waals surface area (Å²) < 4.78 is 15.1. The van der Waals surface area contributed by atoms with Crippen LogP contribution >= 0.6 is 11.6 Å². The number of carbonyl (C=O) groups excluding carboxylic acids is 1. The zero-order valence-electron chi connectivity index (χ0n) is 18.5. The molecule has 2 aromatic heterocycles. The minimum atomic E-state index is -0.535. The Hall–Kier alpha value is -3.52. The Morgan fingerprint density at radius 3 is 2.61 bits per heavy atom. The highest BCUT2D eigenvalue weighted by Crippen LogP contribution is 2.31. The van der Waals surface area contributed by atoms with Gasteiger partial charge in [-0.25, -0.2) is 23.8 Å². The van der Waals surface area contributed by atoms with E-state index in [1.54, 1.807) is 22.1 Å². The summed E-state index contributed by atoms with van der Waals surface area (Å²) >= 11 is 5.88. The lowest BCUT2D eigenvalue weighted by Crippen LogP contribution is -2.39. The molecular weight excluding hydrogens is 443 g/mol. The van der Waals surface area contributed by atoms with Crippen LogP contribution in [0.1, 0.15) is 32.4 Å². The summed E-state index contributed by atoms with van der Waals surface area (Å²) in [6, 6.07) is 11.4. The molecule has 0 saturated heterocycles. The van der Waals surface area contributed by atoms with E-state index in [2.05, 4.69) is 20.4 Å². The Kier molecular flexibility index (Phi) is 6.55. The van der Waals surface area contributed by atoms with Crippen molar-refractivity contribution in [2.24, 2.45) is 5.92 Å². The van der Waals surface area contributed by atoms with Gasteiger partial charge in [0.2, 0.25) is 0 Å². The molecule has 1 unspecified atom stereocenters. The second kappa shape index (κ2) is 9.54. The number of fused-ring (bicyclic) bond motifs is 1. The third kappa shape index (κ3) is 4.80. The molecule has 33 heavy (non-hydrogen) atoms. The summed E-state index contributed by atoms with van der Waals surface area (Å²) in [7, 11) is 0. The fraction of sp³-hybridized carbons (Fsp3) is 0.250. The molecule has 0 aliphatic carbocycles. The molecule has 170 valence electrons. The first-order valence-electron chi connectivity index (χ1n) is 10.6. The lowest BCUT2D eigenvalue weighted by molar-refractivity contribution is 0.184. The summed E-state index contributed by atoms with van der Waals surface area (Å²) in [5.41, 5.74) is 1.33. The Morgan fingerprint density at radius 1 is 1.18 bits per heavy atom. The first-order chi connectivity index (χ1) is 15.8. The molecule has 4 aromatic rings. The predicted octanol–water partition coefficient (Wildman–Crippen LogP) is 5.86. The van der Waals surface area contributed by atoms with Crippen LogP contribution in [0.4, 0.5) is 14.9 Å². The SMILES string of the molecule is CC(C)CN(C(=O)Nc1ccc(F)c(Cl)c1)C(C)c1cnc(-n2cncn2)c2ccccc12. The van der Waals surface area contributed by atoms with E-state index < -0.39 is 5.82 Å². The van der Waals surface area contributed by atoms with Gasteiger partial charge in [0.25, 0.3) is 0 Å². The Bertz CT molecular complexity index is 1280. The van der Waals surface area contributed by atoms with E-state index in [-0.39, 0.29) is 23.0 Å². The number of pyridine rings is 1. The number of nitrogens with one attached hydrogen (secondary N) is 1. The van der Waals surface area contributed by atoms with E-state index in [0.29, 0.717) is 18.1 Å². The monoisotopic (exact) mass is 466 g/mol. The maximum Gasteiger partial charge on any atom is 0.322 e. The van der Waals surface area contributed by atoms with Crippen LogP contribution in [0, 0.1) is 11.7 Å². The average Bonchev–Trinajstić information content (AvgIpc) is 3.33. The van der Waals surface area contributed by atoms with Crippen LogP contribution in [-0.2, 0) is 0 Å². The lowest BCUT2D eigenvalue weighted by atomic mass is 10.00. The first kappa shape index (κ1) is 22.7. The molecule has 2 amide bonds. The molecule has 0 radical (unpaired) electrons. The normalized spacial score (nSPS) is 12.2. The van der Waals surface area contributed by atoms with Gasteiger partial charge in [-0.2, -0.15) is 5.10 Å². The van der Waals surface area contributed by atoms with Crippen LogP contribution in [0.25, 0.3) is 16.6 Å². The molecule has 7 nitrogen and oxygen atoms in total. The summed E-state index contributed by atoms with van der Waals surface area (Å²) in [5, 5.41) is 8.87. The number of amides is 2. The molecule has 4 rings (SSSR count). The van der Waals surface area contributed by atoms with E-state index in [1.165, 1.54) is 24.5 Å². The van der Waals surface area contributed by atoms with Crippen LogP contribution in [0.3, 0.4) is 0 Å². The molecule has 0 saturated carbocycles. The van der Waals surface area contributed by atoms with Crippen LogP contribution in [0.5, 0.6) is 0 Å². The zero-order chi connectivity index (χ0) is 23.5. The van der Waals surface area contributed by atoms with E-state index in [0.717, 1.165) is 16.3 Å². The van der Waals surface area contributed by atoms with Gasteiger partial charge in [0.15, 0.2) is 5.82 Å². The standard InChI is InChI=1S/C24H24ClFN6O/c1-15(2)12-31(24(33)30-17-8-9-22(26)21(25)10-17)16(3)20-11-28-23(32-14-27-13-29-32)19-7-5-4-6-18(19)20/h4-11,13-16H,12H2,1-3H3,(H,30,33). The third-order valence-corrected chi connectivity index (χ3v) is 5.64. The lowest BCUT2D eigenvalue weighted by Gasteiger charge is -2.32. The number of hydrogen-bond donors (Lipinski definition) is 1. The van der Waals surface area contributed by atoms with Crippen LogP contribution in [0.2, 0.25) is 5.02 Å². The van der Waals surface area contributed by atoms with Crippen molar-refractivity contribution >= 4 is 34.1 Å². The molecule has 1 N–H and O–H groups in total. The van der Waals surface area contributed by atoms with Gasteiger partial charge in [0.1, 0.15) is 18.5 Å². The molecule has 2 aromatic carbocycles. The van der Waals surface area contributed by atoms with Crippen LogP contribution < -0.4 is 5.32 Å². The summed E-state index contributed by atoms with van der Waals surface area (Å²) in [4.78, 5) is 23.7. The van der Waals surface area contributed by atoms with Crippen molar-refractivity contribution in [3.05, 3.63) is 77.7 Å². The van der Waals surface area contributed by atoms with Crippen molar-refractivity contribution in [1.29, 1.82) is 0 Å². The van der Waals surface area contributed by atoms with Crippen molar-refractivity contribution in [3.8, 4) is 5.82 Å². The minimum absolute atomic E-state index is 0.0462. The summed E-state index contributed by atoms with van der Waals surface area (Å²) in [6.45, 7) is 6.58. The van der Waals surface area contributed by atoms with Gasteiger partial charge < -0.3 is 10.2 Å². The average molecular weight is 467 g/mol. The fourth-order valence-electron chi connectivity index (χ4n) is 3.78. The topological polar surface area (TPSA) is 75.9 Å².